The van der Waals surface area contributed by atoms with Crippen LogP contribution in [0, 0.1) is 0 Å². The number of hydrogen-bond acceptors (Lipinski definition) is 3. The maximum absolute atomic E-state index is 12.8. The molecule has 1 amide bonds. The average Bonchev–Trinajstić information content (AvgIpc) is 3.07. The number of carbonyl (C=O) groups excluding carboxylic acids is 2. The van der Waals surface area contributed by atoms with Gasteiger partial charge < -0.3 is 15.0 Å². The van der Waals surface area contributed by atoms with Crippen molar-refractivity contribution < 1.29 is 14.7 Å². The van der Waals surface area contributed by atoms with Crippen LogP contribution in [0.15, 0.2) is 54.4 Å². The van der Waals surface area contributed by atoms with E-state index >= 15 is 0 Å². The summed E-state index contributed by atoms with van der Waals surface area (Å²) in [6, 6.07) is 7.26. The van der Waals surface area contributed by atoms with E-state index in [2.05, 4.69) is 11.6 Å². The van der Waals surface area contributed by atoms with E-state index in [0.717, 1.165) is 16.5 Å². The fourth-order valence-corrected chi connectivity index (χ4v) is 3.45. The number of aliphatic hydroxyl groups is 1. The Bertz CT molecular complexity index is 905. The number of aliphatic hydroxyl groups excluding tert-OH is 1. The molecule has 0 unspecified atom stereocenters. The molecule has 2 N–H and O–H groups in total. The van der Waals surface area contributed by atoms with E-state index < -0.39 is 23.3 Å². The van der Waals surface area contributed by atoms with Gasteiger partial charge in [0.05, 0.1) is 11.6 Å². The highest BCUT2D eigenvalue weighted by atomic mass is 16.3. The molecule has 0 saturated heterocycles. The quantitative estimate of drug-likeness (QED) is 0.649. The van der Waals surface area contributed by atoms with E-state index in [4.69, 9.17) is 0 Å². The molecule has 0 aliphatic carbocycles. The van der Waals surface area contributed by atoms with E-state index in [1.165, 1.54) is 6.92 Å². The highest BCUT2D eigenvalue weighted by Crippen LogP contribution is 2.35. The van der Waals surface area contributed by atoms with Crippen molar-refractivity contribution in [3.63, 3.8) is 0 Å². The second-order valence-corrected chi connectivity index (χ2v) is 6.93. The molecule has 5 nitrogen and oxygen atoms in total. The Kier molecular flexibility index (Phi) is 4.03. The van der Waals surface area contributed by atoms with Crippen LogP contribution in [0.1, 0.15) is 26.3 Å². The van der Waals surface area contributed by atoms with E-state index in [-0.39, 0.29) is 11.3 Å². The molecule has 1 aliphatic heterocycles. The lowest BCUT2D eigenvalue weighted by atomic mass is 9.97. The molecule has 1 aromatic carbocycles. The molecule has 0 spiro atoms. The van der Waals surface area contributed by atoms with Gasteiger partial charge in [-0.25, -0.2) is 0 Å². The summed E-state index contributed by atoms with van der Waals surface area (Å²) in [5, 5.41) is 11.7. The molecule has 1 aromatic heterocycles. The van der Waals surface area contributed by atoms with Gasteiger partial charge in [-0.3, -0.25) is 9.59 Å². The first-order valence-electron chi connectivity index (χ1n) is 8.24. The van der Waals surface area contributed by atoms with Crippen molar-refractivity contribution in [2.75, 3.05) is 0 Å². The van der Waals surface area contributed by atoms with Crippen molar-refractivity contribution >= 4 is 22.6 Å². The summed E-state index contributed by atoms with van der Waals surface area (Å²) in [6.45, 7) is 8.79. The predicted molar refractivity (Wildman–Crippen MR) is 97.2 cm³/mol. The molecule has 0 radical (unpaired) electrons. The first kappa shape index (κ1) is 17.0. The largest absolute Gasteiger partial charge is 0.509 e. The molecule has 0 bridgehead atoms. The minimum Gasteiger partial charge on any atom is -0.509 e. The molecular weight excluding hydrogens is 316 g/mol. The molecule has 3 rings (SSSR count). The normalized spacial score (nSPS) is 18.3. The van der Waals surface area contributed by atoms with Crippen molar-refractivity contribution in [2.24, 2.45) is 0 Å². The maximum Gasteiger partial charge on any atom is 0.262 e. The van der Waals surface area contributed by atoms with Crippen LogP contribution >= 0.6 is 0 Å². The summed E-state index contributed by atoms with van der Waals surface area (Å²) < 4.78 is 0. The van der Waals surface area contributed by atoms with Gasteiger partial charge in [0, 0.05) is 23.5 Å². The van der Waals surface area contributed by atoms with Crippen molar-refractivity contribution in [1.29, 1.82) is 0 Å². The highest BCUT2D eigenvalue weighted by molar-refractivity contribution is 6.20. The molecule has 0 saturated carbocycles. The fraction of sp³-hybridized carbons (Fsp3) is 0.300. The summed E-state index contributed by atoms with van der Waals surface area (Å²) in [6.07, 6.45) is 3.95. The summed E-state index contributed by atoms with van der Waals surface area (Å²) in [7, 11) is 0. The van der Waals surface area contributed by atoms with Crippen LogP contribution in [0.5, 0.6) is 0 Å². The SMILES string of the molecule is C=CC(C)(C)N1C(=O)C(C(C)=O)=C(O)[C@@H]1Cc1c[nH]c2ccccc12. The second-order valence-electron chi connectivity index (χ2n) is 6.93. The molecule has 0 fully saturated rings. The average molecular weight is 338 g/mol. The van der Waals surface area contributed by atoms with Crippen LogP contribution in [0.3, 0.4) is 0 Å². The number of ketones is 1. The van der Waals surface area contributed by atoms with Gasteiger partial charge in [0.1, 0.15) is 11.3 Å². The Hall–Kier alpha value is -2.82. The summed E-state index contributed by atoms with van der Waals surface area (Å²) in [5.74, 6) is -1.02. The molecule has 1 aliphatic rings. The van der Waals surface area contributed by atoms with E-state index in [9.17, 15) is 14.7 Å². The van der Waals surface area contributed by atoms with E-state index in [1.54, 1.807) is 11.0 Å². The monoisotopic (exact) mass is 338 g/mol. The van der Waals surface area contributed by atoms with Crippen molar-refractivity contribution in [1.82, 2.24) is 9.88 Å². The van der Waals surface area contributed by atoms with E-state index in [1.807, 2.05) is 44.3 Å². The minimum absolute atomic E-state index is 0.125. The zero-order chi connectivity index (χ0) is 18.4. The Balaban J connectivity index is 2.08. The van der Waals surface area contributed by atoms with Gasteiger partial charge >= 0.3 is 0 Å². The molecule has 130 valence electrons. The lowest BCUT2D eigenvalue weighted by Gasteiger charge is -2.38. The minimum atomic E-state index is -0.695. The lowest BCUT2D eigenvalue weighted by Crippen LogP contribution is -2.50. The number of nitrogens with one attached hydrogen (secondary N) is 1. The number of hydrogen-bond donors (Lipinski definition) is 2. The van der Waals surface area contributed by atoms with Crippen LogP contribution in [0.25, 0.3) is 10.9 Å². The predicted octanol–water partition coefficient (Wildman–Crippen LogP) is 3.29. The van der Waals surface area contributed by atoms with Crippen molar-refractivity contribution in [3.8, 4) is 0 Å². The number of nitrogens with zero attached hydrogens (tertiary/aromatic N) is 1. The number of aromatic nitrogens is 1. The van der Waals surface area contributed by atoms with Gasteiger partial charge in [0.2, 0.25) is 0 Å². The third kappa shape index (κ3) is 2.65. The zero-order valence-electron chi connectivity index (χ0n) is 14.7. The number of fused-ring (bicyclic) bond motifs is 1. The number of H-pyrrole nitrogens is 1. The topological polar surface area (TPSA) is 73.4 Å². The van der Waals surface area contributed by atoms with Crippen molar-refractivity contribution in [2.45, 2.75) is 38.8 Å². The number of aromatic amines is 1. The molecule has 25 heavy (non-hydrogen) atoms. The number of rotatable bonds is 5. The third-order valence-electron chi connectivity index (χ3n) is 4.88. The summed E-state index contributed by atoms with van der Waals surface area (Å²) in [4.78, 5) is 29.4. The van der Waals surface area contributed by atoms with Crippen LogP contribution < -0.4 is 0 Å². The fourth-order valence-electron chi connectivity index (χ4n) is 3.45. The van der Waals surface area contributed by atoms with Crippen LogP contribution in [0.4, 0.5) is 0 Å². The van der Waals surface area contributed by atoms with Gasteiger partial charge in [-0.1, -0.05) is 24.3 Å². The Morgan fingerprint density at radius 1 is 1.40 bits per heavy atom. The van der Waals surface area contributed by atoms with Crippen LogP contribution in [-0.2, 0) is 16.0 Å². The van der Waals surface area contributed by atoms with Gasteiger partial charge in [-0.15, -0.1) is 6.58 Å². The maximum atomic E-state index is 12.8. The number of benzene rings is 1. The summed E-state index contributed by atoms with van der Waals surface area (Å²) >= 11 is 0. The zero-order valence-corrected chi connectivity index (χ0v) is 14.7. The number of amides is 1. The van der Waals surface area contributed by atoms with Gasteiger partial charge in [-0.2, -0.15) is 0 Å². The molecule has 2 aromatic rings. The Morgan fingerprint density at radius 3 is 2.72 bits per heavy atom. The first-order chi connectivity index (χ1) is 11.8. The van der Waals surface area contributed by atoms with Gasteiger partial charge in [0.15, 0.2) is 5.78 Å². The number of Topliss-reactive ketones (excluding diaryl/α,β-unsaturated/α-hetero) is 1. The van der Waals surface area contributed by atoms with Gasteiger partial charge in [-0.05, 0) is 32.4 Å². The van der Waals surface area contributed by atoms with Crippen LogP contribution in [-0.4, -0.2) is 38.3 Å². The number of para-hydroxylation sites is 1. The first-order valence-corrected chi connectivity index (χ1v) is 8.24. The van der Waals surface area contributed by atoms with Crippen molar-refractivity contribution in [3.05, 3.63) is 60.0 Å². The van der Waals surface area contributed by atoms with Crippen LogP contribution in [0.2, 0.25) is 0 Å². The molecule has 2 heterocycles. The second kappa shape index (κ2) is 5.92. The molecule has 5 heteroatoms. The summed E-state index contributed by atoms with van der Waals surface area (Å²) in [5.41, 5.74) is 1.15. The third-order valence-corrected chi connectivity index (χ3v) is 4.88. The van der Waals surface area contributed by atoms with E-state index in [0.29, 0.717) is 6.42 Å². The highest BCUT2D eigenvalue weighted by Gasteiger charge is 2.46. The Labute approximate surface area is 146 Å². The number of carbonyl (C=O) groups is 2. The Morgan fingerprint density at radius 2 is 2.08 bits per heavy atom. The standard InChI is InChI=1S/C20H22N2O3/c1-5-20(3,4)22-16(18(24)17(12(2)23)19(22)25)10-13-11-21-15-9-7-6-8-14(13)15/h5-9,11,16,21,24H,1,10H2,2-4H3/t16-/m0/s1. The molecule has 1 atom stereocenters. The molecular formula is C20H22N2O3. The lowest BCUT2D eigenvalue weighted by molar-refractivity contribution is -0.132. The smallest absolute Gasteiger partial charge is 0.262 e. The van der Waals surface area contributed by atoms with Gasteiger partial charge in [0.25, 0.3) is 5.91 Å².